The first-order valence-electron chi connectivity index (χ1n) is 6.18. The number of halogens is 2. The zero-order valence-corrected chi connectivity index (χ0v) is 10.8. The lowest BCUT2D eigenvalue weighted by atomic mass is 10.1. The molecule has 0 amide bonds. The second-order valence-electron chi connectivity index (χ2n) is 4.45. The van der Waals surface area contributed by atoms with Crippen molar-refractivity contribution in [3.05, 3.63) is 65.5 Å². The largest absolute Gasteiger partial charge is 0.508 e. The quantitative estimate of drug-likeness (QED) is 0.803. The minimum atomic E-state index is -0.670. The highest BCUT2D eigenvalue weighted by molar-refractivity contribution is 5.55. The lowest BCUT2D eigenvalue weighted by Gasteiger charge is -1.98. The van der Waals surface area contributed by atoms with E-state index in [1.165, 1.54) is 18.2 Å². The van der Waals surface area contributed by atoms with Crippen LogP contribution in [0.15, 0.2) is 47.0 Å². The van der Waals surface area contributed by atoms with Crippen LogP contribution in [0.5, 0.6) is 5.75 Å². The molecule has 0 atom stereocenters. The number of aromatic hydroxyl groups is 1. The maximum Gasteiger partial charge on any atom is 0.260 e. The highest BCUT2D eigenvalue weighted by Gasteiger charge is 2.15. The van der Waals surface area contributed by atoms with Crippen LogP contribution < -0.4 is 0 Å². The Morgan fingerprint density at radius 2 is 1.86 bits per heavy atom. The van der Waals surface area contributed by atoms with Gasteiger partial charge in [0.25, 0.3) is 5.89 Å². The fourth-order valence-corrected chi connectivity index (χ4v) is 1.92. The van der Waals surface area contributed by atoms with Crippen LogP contribution in [0.25, 0.3) is 11.5 Å². The summed E-state index contributed by atoms with van der Waals surface area (Å²) in [5, 5.41) is 12.9. The van der Waals surface area contributed by atoms with Crippen LogP contribution in [0, 0.1) is 11.6 Å². The summed E-state index contributed by atoms with van der Waals surface area (Å²) in [5.74, 6) is -0.987. The third-order valence-corrected chi connectivity index (χ3v) is 2.96. The molecule has 0 radical (unpaired) electrons. The molecular weight excluding hydrogens is 278 g/mol. The minimum absolute atomic E-state index is 0.0150. The van der Waals surface area contributed by atoms with E-state index in [1.54, 1.807) is 18.2 Å². The van der Waals surface area contributed by atoms with Gasteiger partial charge in [-0.15, -0.1) is 0 Å². The summed E-state index contributed by atoms with van der Waals surface area (Å²) in [7, 11) is 0. The van der Waals surface area contributed by atoms with Gasteiger partial charge in [-0.2, -0.15) is 4.98 Å². The summed E-state index contributed by atoms with van der Waals surface area (Å²) in [6.07, 6.45) is 0.149. The second kappa shape index (κ2) is 5.32. The highest BCUT2D eigenvalue weighted by atomic mass is 19.1. The van der Waals surface area contributed by atoms with E-state index < -0.39 is 5.82 Å². The van der Waals surface area contributed by atoms with Gasteiger partial charge in [0.05, 0.1) is 5.56 Å². The highest BCUT2D eigenvalue weighted by Crippen LogP contribution is 2.24. The molecule has 1 heterocycles. The number of phenolic OH excluding ortho intramolecular Hbond substituents is 1. The van der Waals surface area contributed by atoms with Crippen LogP contribution in [-0.2, 0) is 6.42 Å². The van der Waals surface area contributed by atoms with E-state index in [2.05, 4.69) is 10.1 Å². The maximum absolute atomic E-state index is 13.7. The Morgan fingerprint density at radius 1 is 1.05 bits per heavy atom. The van der Waals surface area contributed by atoms with Gasteiger partial charge < -0.3 is 9.63 Å². The molecule has 0 saturated heterocycles. The van der Waals surface area contributed by atoms with Crippen molar-refractivity contribution in [2.75, 3.05) is 0 Å². The van der Waals surface area contributed by atoms with Gasteiger partial charge in [0, 0.05) is 12.5 Å². The first-order valence-corrected chi connectivity index (χ1v) is 6.18. The van der Waals surface area contributed by atoms with Crippen LogP contribution in [0.1, 0.15) is 11.4 Å². The predicted molar refractivity (Wildman–Crippen MR) is 70.6 cm³/mol. The molecular formula is C15H10F2N2O2. The number of benzene rings is 2. The summed E-state index contributed by atoms with van der Waals surface area (Å²) >= 11 is 0. The summed E-state index contributed by atoms with van der Waals surface area (Å²) in [6, 6.07) is 9.87. The van der Waals surface area contributed by atoms with E-state index in [1.807, 2.05) is 0 Å². The van der Waals surface area contributed by atoms with Gasteiger partial charge >= 0.3 is 0 Å². The van der Waals surface area contributed by atoms with Gasteiger partial charge in [-0.05, 0) is 23.8 Å². The molecule has 0 aliphatic rings. The molecule has 4 nitrogen and oxygen atoms in total. The van der Waals surface area contributed by atoms with Gasteiger partial charge in [0.2, 0.25) is 0 Å². The van der Waals surface area contributed by atoms with Crippen LogP contribution in [0.2, 0.25) is 0 Å². The molecule has 0 saturated carbocycles. The number of nitrogens with zero attached hydrogens (tertiary/aromatic N) is 2. The summed E-state index contributed by atoms with van der Waals surface area (Å²) in [6.45, 7) is 0. The van der Waals surface area contributed by atoms with Crippen molar-refractivity contribution in [1.82, 2.24) is 10.1 Å². The lowest BCUT2D eigenvalue weighted by molar-refractivity contribution is 0.420. The zero-order chi connectivity index (χ0) is 14.8. The van der Waals surface area contributed by atoms with Crippen LogP contribution >= 0.6 is 0 Å². The molecule has 0 aliphatic carbocycles. The Labute approximate surface area is 118 Å². The van der Waals surface area contributed by atoms with Gasteiger partial charge in [-0.3, -0.25) is 0 Å². The van der Waals surface area contributed by atoms with Gasteiger partial charge in [0.15, 0.2) is 5.82 Å². The monoisotopic (exact) mass is 288 g/mol. The normalized spacial score (nSPS) is 10.8. The fraction of sp³-hybridized carbons (Fsp3) is 0.0667. The summed E-state index contributed by atoms with van der Waals surface area (Å²) < 4.78 is 32.2. The molecule has 3 aromatic rings. The molecule has 3 rings (SSSR count). The van der Waals surface area contributed by atoms with Crippen LogP contribution in [0.4, 0.5) is 8.78 Å². The predicted octanol–water partition coefficient (Wildman–Crippen LogP) is 3.31. The standard InChI is InChI=1S/C15H10F2N2O2/c16-12-4-2-1-3-9(12)7-14-18-15(21-19-14)11-6-5-10(20)8-13(11)17/h1-6,8,20H,7H2. The van der Waals surface area contributed by atoms with E-state index in [9.17, 15) is 8.78 Å². The van der Waals surface area contributed by atoms with Crippen molar-refractivity contribution in [3.63, 3.8) is 0 Å². The third-order valence-electron chi connectivity index (χ3n) is 2.96. The first kappa shape index (κ1) is 13.2. The molecule has 0 bridgehead atoms. The molecule has 0 aliphatic heterocycles. The van der Waals surface area contributed by atoms with Crippen LogP contribution in [0.3, 0.4) is 0 Å². The third kappa shape index (κ3) is 2.74. The summed E-state index contributed by atoms with van der Waals surface area (Å²) in [4.78, 5) is 4.04. The van der Waals surface area contributed by atoms with Crippen molar-refractivity contribution < 1.29 is 18.4 Å². The average Bonchev–Trinajstić information content (AvgIpc) is 2.90. The number of hydrogen-bond acceptors (Lipinski definition) is 4. The Kier molecular flexibility index (Phi) is 3.35. The zero-order valence-electron chi connectivity index (χ0n) is 10.8. The molecule has 1 N–H and O–H groups in total. The number of phenols is 1. The smallest absolute Gasteiger partial charge is 0.260 e. The minimum Gasteiger partial charge on any atom is -0.508 e. The van der Waals surface area contributed by atoms with Crippen molar-refractivity contribution in [1.29, 1.82) is 0 Å². The van der Waals surface area contributed by atoms with Crippen molar-refractivity contribution in [2.24, 2.45) is 0 Å². The van der Waals surface area contributed by atoms with Crippen molar-refractivity contribution in [2.45, 2.75) is 6.42 Å². The number of hydrogen-bond donors (Lipinski definition) is 1. The SMILES string of the molecule is Oc1ccc(-c2nc(Cc3ccccc3F)no2)c(F)c1. The molecule has 0 unspecified atom stereocenters. The Morgan fingerprint density at radius 3 is 2.62 bits per heavy atom. The van der Waals surface area contributed by atoms with Gasteiger partial charge in [0.1, 0.15) is 17.4 Å². The van der Waals surface area contributed by atoms with Gasteiger partial charge in [-0.1, -0.05) is 23.4 Å². The van der Waals surface area contributed by atoms with Gasteiger partial charge in [-0.25, -0.2) is 8.78 Å². The van der Waals surface area contributed by atoms with E-state index >= 15 is 0 Å². The van der Waals surface area contributed by atoms with Crippen LogP contribution in [-0.4, -0.2) is 15.2 Å². The molecule has 2 aromatic carbocycles. The average molecular weight is 288 g/mol. The Balaban J connectivity index is 1.88. The number of aromatic nitrogens is 2. The van der Waals surface area contributed by atoms with E-state index in [4.69, 9.17) is 9.63 Å². The molecule has 6 heteroatoms. The van der Waals surface area contributed by atoms with E-state index in [-0.39, 0.29) is 35.3 Å². The second-order valence-corrected chi connectivity index (χ2v) is 4.45. The molecule has 1 aromatic heterocycles. The fourth-order valence-electron chi connectivity index (χ4n) is 1.92. The van der Waals surface area contributed by atoms with E-state index in [0.717, 1.165) is 6.07 Å². The topological polar surface area (TPSA) is 59.2 Å². The lowest BCUT2D eigenvalue weighted by Crippen LogP contribution is -1.94. The molecule has 106 valence electrons. The number of rotatable bonds is 3. The molecule has 0 spiro atoms. The first-order chi connectivity index (χ1) is 10.1. The molecule has 0 fully saturated rings. The Hall–Kier alpha value is -2.76. The van der Waals surface area contributed by atoms with E-state index in [0.29, 0.717) is 5.56 Å². The van der Waals surface area contributed by atoms with Crippen molar-refractivity contribution >= 4 is 0 Å². The van der Waals surface area contributed by atoms with Crippen molar-refractivity contribution in [3.8, 4) is 17.2 Å². The maximum atomic E-state index is 13.7. The summed E-state index contributed by atoms with van der Waals surface area (Å²) in [5.41, 5.74) is 0.510. The molecule has 21 heavy (non-hydrogen) atoms. The Bertz CT molecular complexity index is 787.